The maximum atomic E-state index is 6.73. The first-order valence-electron chi connectivity index (χ1n) is 19.6. The van der Waals surface area contributed by atoms with Gasteiger partial charge in [-0.15, -0.1) is 0 Å². The molecule has 5 nitrogen and oxygen atoms in total. The van der Waals surface area contributed by atoms with E-state index in [1.165, 1.54) is 43.4 Å². The summed E-state index contributed by atoms with van der Waals surface area (Å²) >= 11 is 1.81. The minimum Gasteiger partial charge on any atom is -0.457 e. The summed E-state index contributed by atoms with van der Waals surface area (Å²) in [5, 5.41) is 3.73. The van der Waals surface area contributed by atoms with Crippen molar-refractivity contribution < 1.29 is 4.74 Å². The van der Waals surface area contributed by atoms with Gasteiger partial charge in [0.1, 0.15) is 23.5 Å². The van der Waals surface area contributed by atoms with E-state index in [1.807, 2.05) is 17.8 Å². The molecule has 0 radical (unpaired) electrons. The summed E-state index contributed by atoms with van der Waals surface area (Å²) in [5.74, 6) is 3.15. The third-order valence-electron chi connectivity index (χ3n) is 11.8. The molecule has 1 unspecified atom stereocenters. The lowest BCUT2D eigenvalue weighted by molar-refractivity contribution is 0.436. The van der Waals surface area contributed by atoms with Crippen LogP contribution in [0, 0.1) is 0 Å². The summed E-state index contributed by atoms with van der Waals surface area (Å²) in [6.07, 6.45) is -0.337. The first-order chi connectivity index (χ1) is 28.7. The highest BCUT2D eigenvalue weighted by Crippen LogP contribution is 2.62. The summed E-state index contributed by atoms with van der Waals surface area (Å²) in [5.41, 5.74) is 13.1. The van der Waals surface area contributed by atoms with E-state index in [4.69, 9.17) is 14.7 Å². The lowest BCUT2D eigenvalue weighted by Gasteiger charge is -2.39. The van der Waals surface area contributed by atoms with Crippen molar-refractivity contribution in [3.8, 4) is 22.6 Å². The maximum Gasteiger partial charge on any atom is 0.159 e. The number of aliphatic imine (C=N–C) groups is 2. The van der Waals surface area contributed by atoms with Crippen LogP contribution in [-0.2, 0) is 5.41 Å². The molecule has 8 aromatic rings. The second-order valence-corrected chi connectivity index (χ2v) is 16.0. The summed E-state index contributed by atoms with van der Waals surface area (Å²) in [7, 11) is 0. The van der Waals surface area contributed by atoms with Gasteiger partial charge in [-0.2, -0.15) is 0 Å². The zero-order chi connectivity index (χ0) is 38.2. The van der Waals surface area contributed by atoms with E-state index < -0.39 is 5.41 Å². The van der Waals surface area contributed by atoms with Gasteiger partial charge in [0.2, 0.25) is 0 Å². The third-order valence-corrected chi connectivity index (χ3v) is 12.9. The lowest BCUT2D eigenvalue weighted by Crippen LogP contribution is -2.35. The van der Waals surface area contributed by atoms with Crippen LogP contribution >= 0.6 is 11.8 Å². The van der Waals surface area contributed by atoms with E-state index in [0.29, 0.717) is 5.84 Å². The van der Waals surface area contributed by atoms with Crippen LogP contribution in [0.1, 0.15) is 45.1 Å². The number of nitrogens with one attached hydrogen (secondary N) is 1. The molecule has 0 fully saturated rings. The van der Waals surface area contributed by atoms with Gasteiger partial charge in [-0.1, -0.05) is 133 Å². The van der Waals surface area contributed by atoms with Crippen molar-refractivity contribution in [2.24, 2.45) is 9.98 Å². The molecule has 0 saturated heterocycles. The highest BCUT2D eigenvalue weighted by atomic mass is 32.2. The topological polar surface area (TPSA) is 49.2 Å². The lowest BCUT2D eigenvalue weighted by atomic mass is 9.66. The SMILES string of the molecule is c1ccc(C2N=C(c3ccc(N4c5ccccc5Sc5ccccc54)cc3)N=C(c3ccc4c(c3)C3(c5ccccc5O4)c4ccccc4-c4ccccc43)N2)cc1. The molecule has 0 aromatic heterocycles. The van der Waals surface area contributed by atoms with Crippen molar-refractivity contribution in [3.63, 3.8) is 0 Å². The molecule has 1 N–H and O–H groups in total. The standard InChI is InChI=1S/C52H34N4OS/c1-2-14-33(15-3-1)49-53-50(34-26-29-36(30-27-34)56-43-21-9-12-24-47(43)58-48-25-13-10-22-44(48)56)55-51(54-49)35-28-31-46-42(32-35)52(41-20-8-11-23-45(41)57-46)39-18-6-4-16-37(39)38-17-5-7-19-40(38)52/h1-32,49H,(H,53,54,55). The van der Waals surface area contributed by atoms with Gasteiger partial charge in [-0.3, -0.25) is 0 Å². The van der Waals surface area contributed by atoms with Crippen LogP contribution < -0.4 is 15.0 Å². The predicted molar refractivity (Wildman–Crippen MR) is 234 cm³/mol. The van der Waals surface area contributed by atoms with Crippen molar-refractivity contribution in [3.05, 3.63) is 233 Å². The molecule has 58 heavy (non-hydrogen) atoms. The molecule has 12 rings (SSSR count). The molecule has 0 bridgehead atoms. The molecule has 1 atom stereocenters. The molecule has 4 aliphatic rings. The third kappa shape index (κ3) is 4.92. The fourth-order valence-electron chi connectivity index (χ4n) is 9.28. The Morgan fingerprint density at radius 2 is 1.09 bits per heavy atom. The van der Waals surface area contributed by atoms with Crippen molar-refractivity contribution in [2.75, 3.05) is 4.90 Å². The highest BCUT2D eigenvalue weighted by Gasteiger charge is 2.51. The average Bonchev–Trinajstić information content (AvgIpc) is 3.59. The Morgan fingerprint density at radius 3 is 1.79 bits per heavy atom. The van der Waals surface area contributed by atoms with Gasteiger partial charge in [0, 0.05) is 37.7 Å². The highest BCUT2D eigenvalue weighted by molar-refractivity contribution is 7.99. The fourth-order valence-corrected chi connectivity index (χ4v) is 10.3. The Balaban J connectivity index is 0.996. The molecule has 0 amide bonds. The van der Waals surface area contributed by atoms with Crippen LogP contribution in [0.15, 0.2) is 214 Å². The molecular weight excluding hydrogens is 729 g/mol. The number of para-hydroxylation sites is 3. The Morgan fingerprint density at radius 1 is 0.517 bits per heavy atom. The zero-order valence-corrected chi connectivity index (χ0v) is 32.0. The van der Waals surface area contributed by atoms with Gasteiger partial charge in [-0.25, -0.2) is 9.98 Å². The maximum absolute atomic E-state index is 6.73. The number of benzene rings is 8. The van der Waals surface area contributed by atoms with E-state index >= 15 is 0 Å². The summed E-state index contributed by atoms with van der Waals surface area (Å²) < 4.78 is 6.73. The number of fused-ring (bicyclic) bond motifs is 11. The van der Waals surface area contributed by atoms with E-state index in [-0.39, 0.29) is 6.17 Å². The largest absolute Gasteiger partial charge is 0.457 e. The van der Waals surface area contributed by atoms with Crippen molar-refractivity contribution in [2.45, 2.75) is 21.4 Å². The summed E-state index contributed by atoms with van der Waals surface area (Å²) in [6, 6.07) is 68.9. The Bertz CT molecular complexity index is 2920. The molecule has 6 heteroatoms. The number of anilines is 3. The van der Waals surface area contributed by atoms with E-state index in [9.17, 15) is 0 Å². The zero-order valence-electron chi connectivity index (χ0n) is 31.2. The Labute approximate surface area is 341 Å². The molecule has 0 saturated carbocycles. The Hall–Kier alpha value is -7.15. The van der Waals surface area contributed by atoms with Gasteiger partial charge in [-0.05, 0) is 101 Å². The second kappa shape index (κ2) is 12.9. The number of rotatable bonds is 4. The van der Waals surface area contributed by atoms with Gasteiger partial charge in [0.25, 0.3) is 0 Å². The van der Waals surface area contributed by atoms with Crippen LogP contribution in [-0.4, -0.2) is 11.7 Å². The monoisotopic (exact) mass is 762 g/mol. The molecule has 274 valence electrons. The van der Waals surface area contributed by atoms with Crippen LogP contribution in [0.4, 0.5) is 17.1 Å². The van der Waals surface area contributed by atoms with Crippen LogP contribution in [0.2, 0.25) is 0 Å². The number of nitrogens with zero attached hydrogens (tertiary/aromatic N) is 3. The minimum absolute atomic E-state index is 0.337. The smallest absolute Gasteiger partial charge is 0.159 e. The Kier molecular flexibility index (Phi) is 7.37. The molecular formula is C52H34N4OS. The van der Waals surface area contributed by atoms with Crippen LogP contribution in [0.5, 0.6) is 11.5 Å². The van der Waals surface area contributed by atoms with E-state index in [1.54, 1.807) is 0 Å². The molecule has 3 aliphatic heterocycles. The number of amidine groups is 2. The van der Waals surface area contributed by atoms with Crippen molar-refractivity contribution >= 4 is 40.5 Å². The fraction of sp³-hybridized carbons (Fsp3) is 0.0385. The first-order valence-corrected chi connectivity index (χ1v) is 20.4. The van der Waals surface area contributed by atoms with Gasteiger partial charge in [0.05, 0.1) is 16.8 Å². The van der Waals surface area contributed by atoms with Crippen molar-refractivity contribution in [1.29, 1.82) is 0 Å². The minimum atomic E-state index is -0.571. The average molecular weight is 763 g/mol. The number of hydrogen-bond donors (Lipinski definition) is 1. The van der Waals surface area contributed by atoms with E-state index in [0.717, 1.165) is 50.8 Å². The molecule has 1 spiro atoms. The number of hydrogen-bond acceptors (Lipinski definition) is 6. The first kappa shape index (κ1) is 33.0. The van der Waals surface area contributed by atoms with Gasteiger partial charge in [0.15, 0.2) is 5.84 Å². The van der Waals surface area contributed by atoms with Gasteiger partial charge >= 0.3 is 0 Å². The number of ether oxygens (including phenoxy) is 1. The summed E-state index contributed by atoms with van der Waals surface area (Å²) in [6.45, 7) is 0. The molecule has 8 aromatic carbocycles. The normalized spacial score (nSPS) is 16.3. The summed E-state index contributed by atoms with van der Waals surface area (Å²) in [4.78, 5) is 15.4. The van der Waals surface area contributed by atoms with Crippen LogP contribution in [0.25, 0.3) is 11.1 Å². The second-order valence-electron chi connectivity index (χ2n) is 14.9. The molecule has 3 heterocycles. The van der Waals surface area contributed by atoms with Crippen molar-refractivity contribution in [1.82, 2.24) is 5.32 Å². The predicted octanol–water partition coefficient (Wildman–Crippen LogP) is 12.6. The van der Waals surface area contributed by atoms with Crippen LogP contribution in [0.3, 0.4) is 0 Å². The van der Waals surface area contributed by atoms with E-state index in [2.05, 4.69) is 198 Å². The van der Waals surface area contributed by atoms with Gasteiger partial charge < -0.3 is 15.0 Å². The molecule has 1 aliphatic carbocycles. The quantitative estimate of drug-likeness (QED) is 0.194.